The van der Waals surface area contributed by atoms with Gasteiger partial charge >= 0.3 is 0 Å². The van der Waals surface area contributed by atoms with Crippen LogP contribution in [0.1, 0.15) is 18.1 Å². The fourth-order valence-corrected chi connectivity index (χ4v) is 2.47. The first-order valence-corrected chi connectivity index (χ1v) is 8.02. The number of amides is 1. The Labute approximate surface area is 146 Å². The van der Waals surface area contributed by atoms with Gasteiger partial charge in [0.15, 0.2) is 11.5 Å². The van der Waals surface area contributed by atoms with E-state index in [4.69, 9.17) is 14.2 Å². The Kier molecular flexibility index (Phi) is 5.18. The number of methoxy groups -OCH3 is 1. The van der Waals surface area contributed by atoms with Crippen LogP contribution in [0.15, 0.2) is 47.6 Å². The van der Waals surface area contributed by atoms with Gasteiger partial charge in [0.25, 0.3) is 0 Å². The van der Waals surface area contributed by atoms with Crippen molar-refractivity contribution in [1.82, 2.24) is 5.43 Å². The Morgan fingerprint density at radius 1 is 1.12 bits per heavy atom. The van der Waals surface area contributed by atoms with Crippen molar-refractivity contribution in [2.45, 2.75) is 13.3 Å². The van der Waals surface area contributed by atoms with Gasteiger partial charge in [-0.1, -0.05) is 6.07 Å². The zero-order chi connectivity index (χ0) is 17.6. The Morgan fingerprint density at radius 3 is 2.56 bits per heavy atom. The summed E-state index contributed by atoms with van der Waals surface area (Å²) >= 11 is 0. The summed E-state index contributed by atoms with van der Waals surface area (Å²) in [6.07, 6.45) is 0.218. The first kappa shape index (κ1) is 16.8. The van der Waals surface area contributed by atoms with Gasteiger partial charge in [0.2, 0.25) is 5.91 Å². The summed E-state index contributed by atoms with van der Waals surface area (Å²) in [7, 11) is 1.62. The second-order valence-electron chi connectivity index (χ2n) is 5.62. The van der Waals surface area contributed by atoms with Crippen LogP contribution in [0, 0.1) is 0 Å². The summed E-state index contributed by atoms with van der Waals surface area (Å²) < 4.78 is 16.1. The zero-order valence-electron chi connectivity index (χ0n) is 14.2. The number of fused-ring (bicyclic) bond motifs is 1. The predicted octanol–water partition coefficient (Wildman–Crippen LogP) is 2.55. The molecule has 0 aliphatic carbocycles. The van der Waals surface area contributed by atoms with Crippen molar-refractivity contribution in [2.75, 3.05) is 20.3 Å². The van der Waals surface area contributed by atoms with Gasteiger partial charge in [0.1, 0.15) is 19.0 Å². The topological polar surface area (TPSA) is 69.2 Å². The highest BCUT2D eigenvalue weighted by Gasteiger charge is 2.13. The normalized spacial score (nSPS) is 13.3. The number of carbonyl (C=O) groups excluding carboxylic acids is 1. The van der Waals surface area contributed by atoms with Gasteiger partial charge in [0, 0.05) is 0 Å². The van der Waals surface area contributed by atoms with Gasteiger partial charge in [-0.3, -0.25) is 4.79 Å². The van der Waals surface area contributed by atoms with E-state index in [0.717, 1.165) is 22.6 Å². The van der Waals surface area contributed by atoms with Crippen molar-refractivity contribution in [1.29, 1.82) is 0 Å². The number of hydrazone groups is 1. The molecule has 1 heterocycles. The maximum atomic E-state index is 12.1. The third-order valence-electron chi connectivity index (χ3n) is 3.83. The van der Waals surface area contributed by atoms with E-state index in [1.807, 2.05) is 49.4 Å². The van der Waals surface area contributed by atoms with E-state index in [1.54, 1.807) is 7.11 Å². The summed E-state index contributed by atoms with van der Waals surface area (Å²) in [5.74, 6) is 1.97. The van der Waals surface area contributed by atoms with Crippen molar-refractivity contribution >= 4 is 11.6 Å². The van der Waals surface area contributed by atoms with Crippen molar-refractivity contribution < 1.29 is 19.0 Å². The van der Waals surface area contributed by atoms with Gasteiger partial charge in [-0.25, -0.2) is 5.43 Å². The molecule has 1 aliphatic heterocycles. The molecular weight excluding hydrogens is 320 g/mol. The molecule has 1 N–H and O–H groups in total. The summed E-state index contributed by atoms with van der Waals surface area (Å²) in [5, 5.41) is 4.15. The minimum atomic E-state index is -0.190. The molecule has 25 heavy (non-hydrogen) atoms. The molecule has 2 aromatic rings. The maximum absolute atomic E-state index is 12.1. The lowest BCUT2D eigenvalue weighted by Crippen LogP contribution is -2.21. The lowest BCUT2D eigenvalue weighted by molar-refractivity contribution is -0.120. The molecule has 0 unspecified atom stereocenters. The van der Waals surface area contributed by atoms with Gasteiger partial charge in [-0.15, -0.1) is 0 Å². The van der Waals surface area contributed by atoms with Crippen molar-refractivity contribution in [2.24, 2.45) is 5.10 Å². The van der Waals surface area contributed by atoms with Crippen LogP contribution in [0.3, 0.4) is 0 Å². The monoisotopic (exact) mass is 340 g/mol. The fraction of sp³-hybridized carbons (Fsp3) is 0.263. The summed E-state index contributed by atoms with van der Waals surface area (Å²) in [6, 6.07) is 13.0. The molecule has 1 amide bonds. The van der Waals surface area contributed by atoms with Crippen LogP contribution < -0.4 is 19.6 Å². The molecular formula is C19H20N2O4. The molecule has 0 fully saturated rings. The van der Waals surface area contributed by atoms with Crippen LogP contribution in [0.5, 0.6) is 17.2 Å². The number of benzene rings is 2. The lowest BCUT2D eigenvalue weighted by atomic mass is 10.1. The summed E-state index contributed by atoms with van der Waals surface area (Å²) in [5.41, 5.74) is 5.07. The Balaban J connectivity index is 1.60. The van der Waals surface area contributed by atoms with E-state index >= 15 is 0 Å². The van der Waals surface area contributed by atoms with E-state index in [1.165, 1.54) is 0 Å². The molecule has 0 saturated carbocycles. The van der Waals surface area contributed by atoms with Crippen LogP contribution in [0.4, 0.5) is 0 Å². The van der Waals surface area contributed by atoms with Crippen molar-refractivity contribution in [3.8, 4) is 17.2 Å². The van der Waals surface area contributed by atoms with E-state index in [2.05, 4.69) is 10.5 Å². The van der Waals surface area contributed by atoms with Gasteiger partial charge < -0.3 is 14.2 Å². The molecule has 0 spiro atoms. The highest BCUT2D eigenvalue weighted by atomic mass is 16.6. The van der Waals surface area contributed by atoms with Crippen LogP contribution in [-0.2, 0) is 11.2 Å². The van der Waals surface area contributed by atoms with Crippen LogP contribution in [-0.4, -0.2) is 31.9 Å². The smallest absolute Gasteiger partial charge is 0.244 e. The molecule has 0 saturated heterocycles. The van der Waals surface area contributed by atoms with Gasteiger partial charge in [-0.05, 0) is 54.4 Å². The Hall–Kier alpha value is -3.02. The van der Waals surface area contributed by atoms with Crippen molar-refractivity contribution in [3.63, 3.8) is 0 Å². The second kappa shape index (κ2) is 7.70. The molecule has 1 aliphatic rings. The molecule has 6 heteroatoms. The summed E-state index contributed by atoms with van der Waals surface area (Å²) in [6.45, 7) is 2.91. The molecule has 0 atom stereocenters. The number of carbonyl (C=O) groups is 1. The minimum Gasteiger partial charge on any atom is -0.497 e. The fourth-order valence-electron chi connectivity index (χ4n) is 2.47. The van der Waals surface area contributed by atoms with Crippen LogP contribution in [0.25, 0.3) is 0 Å². The second-order valence-corrected chi connectivity index (χ2v) is 5.62. The highest BCUT2D eigenvalue weighted by molar-refractivity contribution is 5.99. The van der Waals surface area contributed by atoms with Crippen LogP contribution >= 0.6 is 0 Å². The number of rotatable bonds is 5. The SMILES string of the molecule is COc1ccc(/C(C)=N\NC(=O)Cc2ccc3c(c2)OCCO3)cc1. The standard InChI is InChI=1S/C19H20N2O4/c1-13(15-4-6-16(23-2)7-5-15)20-21-19(22)12-14-3-8-17-18(11-14)25-10-9-24-17/h3-8,11H,9-10,12H2,1-2H3,(H,21,22)/b20-13-. The average Bonchev–Trinajstić information content (AvgIpc) is 2.66. The van der Waals surface area contributed by atoms with Gasteiger partial charge in [0.05, 0.1) is 19.2 Å². The van der Waals surface area contributed by atoms with Crippen LogP contribution in [0.2, 0.25) is 0 Å². The molecule has 0 radical (unpaired) electrons. The number of hydrogen-bond donors (Lipinski definition) is 1. The third kappa shape index (κ3) is 4.29. The van der Waals surface area contributed by atoms with E-state index in [-0.39, 0.29) is 12.3 Å². The first-order valence-electron chi connectivity index (χ1n) is 8.02. The average molecular weight is 340 g/mol. The zero-order valence-corrected chi connectivity index (χ0v) is 14.2. The van der Waals surface area contributed by atoms with Gasteiger partial charge in [-0.2, -0.15) is 5.10 Å². The third-order valence-corrected chi connectivity index (χ3v) is 3.83. The molecule has 3 rings (SSSR count). The summed E-state index contributed by atoms with van der Waals surface area (Å²) in [4.78, 5) is 12.1. The maximum Gasteiger partial charge on any atom is 0.244 e. The van der Waals surface area contributed by atoms with Crippen molar-refractivity contribution in [3.05, 3.63) is 53.6 Å². The molecule has 130 valence electrons. The lowest BCUT2D eigenvalue weighted by Gasteiger charge is -2.18. The van der Waals surface area contributed by atoms with E-state index < -0.39 is 0 Å². The number of nitrogens with zero attached hydrogens (tertiary/aromatic N) is 1. The highest BCUT2D eigenvalue weighted by Crippen LogP contribution is 2.30. The first-order chi connectivity index (χ1) is 12.2. The van der Waals surface area contributed by atoms with E-state index in [9.17, 15) is 4.79 Å². The Morgan fingerprint density at radius 2 is 1.84 bits per heavy atom. The molecule has 2 aromatic carbocycles. The number of ether oxygens (including phenoxy) is 3. The largest absolute Gasteiger partial charge is 0.497 e. The minimum absolute atomic E-state index is 0.190. The molecule has 6 nitrogen and oxygen atoms in total. The quantitative estimate of drug-likeness (QED) is 0.671. The molecule has 0 bridgehead atoms. The number of nitrogens with one attached hydrogen (secondary N) is 1. The predicted molar refractivity (Wildman–Crippen MR) is 94.5 cm³/mol. The Bertz CT molecular complexity index is 785. The molecule has 0 aromatic heterocycles. The number of hydrogen-bond acceptors (Lipinski definition) is 5. The van der Waals surface area contributed by atoms with E-state index in [0.29, 0.717) is 24.7 Å².